The zero-order chi connectivity index (χ0) is 9.19. The van der Waals surface area contributed by atoms with Gasteiger partial charge in [-0.05, 0) is 12.8 Å². The quantitative estimate of drug-likeness (QED) is 0.663. The first-order chi connectivity index (χ1) is 5.49. The molecule has 0 heterocycles. The molecule has 1 saturated carbocycles. The van der Waals surface area contributed by atoms with Crippen LogP contribution in [0.2, 0.25) is 0 Å². The lowest BCUT2D eigenvalue weighted by atomic mass is 10.4. The molecule has 0 aromatic rings. The van der Waals surface area contributed by atoms with Crippen molar-refractivity contribution in [2.45, 2.75) is 19.0 Å². The summed E-state index contributed by atoms with van der Waals surface area (Å²) in [6.07, 6.45) is -2.92. The number of alkyl halides is 3. The molecule has 0 radical (unpaired) electrons. The van der Waals surface area contributed by atoms with Crippen LogP contribution in [0.4, 0.5) is 13.2 Å². The van der Waals surface area contributed by atoms with Crippen LogP contribution in [0.1, 0.15) is 12.8 Å². The summed E-state index contributed by atoms with van der Waals surface area (Å²) < 4.78 is 34.3. The van der Waals surface area contributed by atoms with Crippen LogP contribution in [0.25, 0.3) is 0 Å². The van der Waals surface area contributed by atoms with Crippen LogP contribution in [-0.4, -0.2) is 18.7 Å². The SMILES string of the molecule is O=C(NOCC(F)(F)F)C1CC1. The molecular formula is C6H8F3NO2. The molecule has 1 aliphatic carbocycles. The summed E-state index contributed by atoms with van der Waals surface area (Å²) in [5.74, 6) is -0.600. The molecule has 1 fully saturated rings. The van der Waals surface area contributed by atoms with Crippen LogP contribution >= 0.6 is 0 Å². The maximum atomic E-state index is 11.4. The minimum atomic E-state index is -4.39. The number of amides is 1. The molecule has 0 aliphatic heterocycles. The molecule has 12 heavy (non-hydrogen) atoms. The molecule has 1 N–H and O–H groups in total. The van der Waals surface area contributed by atoms with Crippen LogP contribution in [0.15, 0.2) is 0 Å². The van der Waals surface area contributed by atoms with E-state index in [2.05, 4.69) is 4.84 Å². The van der Waals surface area contributed by atoms with E-state index in [0.29, 0.717) is 0 Å². The van der Waals surface area contributed by atoms with Crippen LogP contribution in [0, 0.1) is 5.92 Å². The third-order valence-corrected chi connectivity index (χ3v) is 1.36. The first-order valence-electron chi connectivity index (χ1n) is 3.47. The van der Waals surface area contributed by atoms with Gasteiger partial charge in [-0.1, -0.05) is 0 Å². The first kappa shape index (κ1) is 9.31. The fourth-order valence-electron chi connectivity index (χ4n) is 0.618. The number of hydroxylamine groups is 1. The molecule has 0 aromatic carbocycles. The normalized spacial score (nSPS) is 17.6. The van der Waals surface area contributed by atoms with Crippen molar-refractivity contribution in [2.75, 3.05) is 6.61 Å². The van der Waals surface area contributed by atoms with E-state index in [1.807, 2.05) is 0 Å². The van der Waals surface area contributed by atoms with E-state index in [1.54, 1.807) is 5.48 Å². The molecule has 6 heteroatoms. The van der Waals surface area contributed by atoms with Crippen molar-refractivity contribution in [1.29, 1.82) is 0 Å². The Morgan fingerprint density at radius 1 is 1.50 bits per heavy atom. The average molecular weight is 183 g/mol. The molecule has 3 nitrogen and oxygen atoms in total. The number of hydrogen-bond donors (Lipinski definition) is 1. The van der Waals surface area contributed by atoms with Gasteiger partial charge in [0.15, 0.2) is 6.61 Å². The van der Waals surface area contributed by atoms with E-state index in [9.17, 15) is 18.0 Å². The van der Waals surface area contributed by atoms with Gasteiger partial charge in [0.2, 0.25) is 5.91 Å². The van der Waals surface area contributed by atoms with Crippen LogP contribution < -0.4 is 5.48 Å². The van der Waals surface area contributed by atoms with Gasteiger partial charge in [-0.3, -0.25) is 9.63 Å². The Bertz CT molecular complexity index is 176. The summed E-state index contributed by atoms with van der Waals surface area (Å²) in [6, 6.07) is 0. The summed E-state index contributed by atoms with van der Waals surface area (Å²) in [6.45, 7) is -1.44. The molecule has 0 bridgehead atoms. The molecule has 0 unspecified atom stereocenters. The van der Waals surface area contributed by atoms with Crippen molar-refractivity contribution in [1.82, 2.24) is 5.48 Å². The van der Waals surface area contributed by atoms with Gasteiger partial charge in [-0.25, -0.2) is 5.48 Å². The summed E-state index contributed by atoms with van der Waals surface area (Å²) in [5.41, 5.74) is 1.74. The fraction of sp³-hybridized carbons (Fsp3) is 0.833. The number of carbonyl (C=O) groups is 1. The van der Waals surface area contributed by atoms with E-state index < -0.39 is 18.7 Å². The second kappa shape index (κ2) is 3.30. The lowest BCUT2D eigenvalue weighted by Gasteiger charge is -2.07. The van der Waals surface area contributed by atoms with Gasteiger partial charge < -0.3 is 0 Å². The number of nitrogens with one attached hydrogen (secondary N) is 1. The zero-order valence-electron chi connectivity index (χ0n) is 6.15. The molecule has 1 rings (SSSR count). The summed E-state index contributed by atoms with van der Waals surface area (Å²) >= 11 is 0. The predicted molar refractivity (Wildman–Crippen MR) is 32.9 cm³/mol. The molecule has 0 aromatic heterocycles. The van der Waals surface area contributed by atoms with Gasteiger partial charge >= 0.3 is 6.18 Å². The standard InChI is InChI=1S/C6H8F3NO2/c7-6(8,9)3-12-10-5(11)4-1-2-4/h4H,1-3H2,(H,10,11). The molecule has 70 valence electrons. The Balaban J connectivity index is 2.05. The summed E-state index contributed by atoms with van der Waals surface area (Å²) in [7, 11) is 0. The number of hydrogen-bond acceptors (Lipinski definition) is 2. The second-order valence-electron chi connectivity index (χ2n) is 2.64. The van der Waals surface area contributed by atoms with Crippen molar-refractivity contribution < 1.29 is 22.8 Å². The third-order valence-electron chi connectivity index (χ3n) is 1.36. The topological polar surface area (TPSA) is 38.3 Å². The number of rotatable bonds is 3. The van der Waals surface area contributed by atoms with E-state index in [1.165, 1.54) is 0 Å². The maximum Gasteiger partial charge on any atom is 0.414 e. The second-order valence-corrected chi connectivity index (χ2v) is 2.64. The number of carbonyl (C=O) groups excluding carboxylic acids is 1. The highest BCUT2D eigenvalue weighted by Gasteiger charge is 2.32. The van der Waals surface area contributed by atoms with Gasteiger partial charge in [0.25, 0.3) is 0 Å². The van der Waals surface area contributed by atoms with Gasteiger partial charge in [-0.15, -0.1) is 0 Å². The van der Waals surface area contributed by atoms with Crippen LogP contribution in [0.5, 0.6) is 0 Å². The highest BCUT2D eigenvalue weighted by Crippen LogP contribution is 2.28. The largest absolute Gasteiger partial charge is 0.414 e. The van der Waals surface area contributed by atoms with Crippen LogP contribution in [-0.2, 0) is 9.63 Å². The highest BCUT2D eigenvalue weighted by molar-refractivity contribution is 5.79. The van der Waals surface area contributed by atoms with Gasteiger partial charge in [0, 0.05) is 5.92 Å². The molecule has 0 saturated heterocycles. The lowest BCUT2D eigenvalue weighted by Crippen LogP contribution is -2.30. The van der Waals surface area contributed by atoms with Crippen molar-refractivity contribution in [3.63, 3.8) is 0 Å². The summed E-state index contributed by atoms with van der Waals surface area (Å²) in [5, 5.41) is 0. The Morgan fingerprint density at radius 3 is 2.50 bits per heavy atom. The maximum absolute atomic E-state index is 11.4. The Labute approximate surface area is 66.8 Å². The highest BCUT2D eigenvalue weighted by atomic mass is 19.4. The first-order valence-corrected chi connectivity index (χ1v) is 3.47. The van der Waals surface area contributed by atoms with E-state index in [0.717, 1.165) is 12.8 Å². The minimum Gasteiger partial charge on any atom is -0.273 e. The molecular weight excluding hydrogens is 175 g/mol. The summed E-state index contributed by atoms with van der Waals surface area (Å²) in [4.78, 5) is 14.6. The Hall–Kier alpha value is -0.780. The molecule has 0 spiro atoms. The monoisotopic (exact) mass is 183 g/mol. The Morgan fingerprint density at radius 2 is 2.08 bits per heavy atom. The van der Waals surface area contributed by atoms with Crippen molar-refractivity contribution in [2.24, 2.45) is 5.92 Å². The lowest BCUT2D eigenvalue weighted by molar-refractivity contribution is -0.192. The predicted octanol–water partition coefficient (Wildman–Crippen LogP) is 1.01. The van der Waals surface area contributed by atoms with E-state index in [4.69, 9.17) is 0 Å². The van der Waals surface area contributed by atoms with Crippen molar-refractivity contribution in [3.8, 4) is 0 Å². The van der Waals surface area contributed by atoms with Crippen LogP contribution in [0.3, 0.4) is 0 Å². The van der Waals surface area contributed by atoms with E-state index in [-0.39, 0.29) is 5.92 Å². The third kappa shape index (κ3) is 3.56. The van der Waals surface area contributed by atoms with Gasteiger partial charge in [0.05, 0.1) is 0 Å². The zero-order valence-corrected chi connectivity index (χ0v) is 6.15. The smallest absolute Gasteiger partial charge is 0.273 e. The van der Waals surface area contributed by atoms with Gasteiger partial charge in [0.1, 0.15) is 0 Å². The van der Waals surface area contributed by atoms with Gasteiger partial charge in [-0.2, -0.15) is 13.2 Å². The molecule has 1 aliphatic rings. The average Bonchev–Trinajstić information content (AvgIpc) is 2.64. The molecule has 1 amide bonds. The Kier molecular flexibility index (Phi) is 2.56. The van der Waals surface area contributed by atoms with E-state index >= 15 is 0 Å². The van der Waals surface area contributed by atoms with Crippen molar-refractivity contribution in [3.05, 3.63) is 0 Å². The van der Waals surface area contributed by atoms with Crippen molar-refractivity contribution >= 4 is 5.91 Å². The minimum absolute atomic E-state index is 0.141. The number of halogens is 3. The molecule has 0 atom stereocenters. The fourth-order valence-corrected chi connectivity index (χ4v) is 0.618.